The molecule has 0 spiro atoms. The van der Waals surface area contributed by atoms with Gasteiger partial charge in [-0.05, 0) is 43.5 Å². The highest BCUT2D eigenvalue weighted by atomic mass is 32.2. The summed E-state index contributed by atoms with van der Waals surface area (Å²) in [6.45, 7) is 0.338. The van der Waals surface area contributed by atoms with Gasteiger partial charge in [-0.1, -0.05) is 0 Å². The number of rotatable bonds is 13. The maximum Gasteiger partial charge on any atom is 0.305 e. The zero-order valence-corrected chi connectivity index (χ0v) is 20.8. The van der Waals surface area contributed by atoms with Crippen LogP contribution in [-0.2, 0) is 34.0 Å². The largest absolute Gasteiger partial charge is 0.481 e. The molecule has 0 saturated carbocycles. The summed E-state index contributed by atoms with van der Waals surface area (Å²) < 4.78 is 25.0. The fourth-order valence-corrected chi connectivity index (χ4v) is 4.18. The van der Waals surface area contributed by atoms with Crippen molar-refractivity contribution in [2.45, 2.75) is 50.2 Å². The summed E-state index contributed by atoms with van der Waals surface area (Å²) in [7, 11) is -3.51. The molecular weight excluding hydrogens is 510 g/mol. The number of hydrazine groups is 1. The molecular formula is C22H29N5O9S. The minimum Gasteiger partial charge on any atom is -0.481 e. The van der Waals surface area contributed by atoms with Crippen LogP contribution in [0.15, 0.2) is 24.3 Å². The Labute approximate surface area is 213 Å². The van der Waals surface area contributed by atoms with Crippen molar-refractivity contribution in [3.8, 4) is 0 Å². The fraction of sp³-hybridized carbons (Fsp3) is 0.455. The Bertz CT molecular complexity index is 1120. The smallest absolute Gasteiger partial charge is 0.305 e. The number of benzene rings is 1. The average Bonchev–Trinajstić information content (AvgIpc) is 2.84. The molecule has 0 radical (unpaired) electrons. The summed E-state index contributed by atoms with van der Waals surface area (Å²) in [5.74, 6) is -3.40. The molecule has 3 atom stereocenters. The maximum atomic E-state index is 13.3. The molecule has 5 N–H and O–H groups in total. The first kappa shape index (κ1) is 29.4. The number of carboxylic acid groups (broad SMARTS) is 1. The van der Waals surface area contributed by atoms with E-state index in [0.717, 1.165) is 11.3 Å². The van der Waals surface area contributed by atoms with E-state index in [9.17, 15) is 37.2 Å². The SMILES string of the molecule is CS(=O)(=O)Nc1ccc(C(=O)N[C@@H](CCC=O)C(=O)N2NCCC[C@H]2C(=O)N[C@H](C=O)CC(=O)O)cc1. The van der Waals surface area contributed by atoms with Gasteiger partial charge in [0.15, 0.2) is 0 Å². The standard InChI is InChI=1S/C22H29N5O9S/c1-37(35,36)26-15-8-6-14(7-9-15)20(32)25-17(4-3-11-28)22(34)27-18(5-2-10-23-27)21(33)24-16(13-29)12-19(30)31/h6-9,11,13,16-18,23,26H,2-5,10,12H2,1H3,(H,24,33)(H,25,32)(H,30,31)/t16-,17-,18-/m0/s1. The molecule has 1 aliphatic rings. The summed E-state index contributed by atoms with van der Waals surface area (Å²) in [5.41, 5.74) is 3.14. The van der Waals surface area contributed by atoms with Crippen molar-refractivity contribution >= 4 is 52.0 Å². The average molecular weight is 540 g/mol. The summed E-state index contributed by atoms with van der Waals surface area (Å²) >= 11 is 0. The number of carbonyl (C=O) groups excluding carboxylic acids is 5. The van der Waals surface area contributed by atoms with Crippen LogP contribution in [0.4, 0.5) is 5.69 Å². The number of sulfonamides is 1. The summed E-state index contributed by atoms with van der Waals surface area (Å²) in [5, 5.41) is 14.8. The van der Waals surface area contributed by atoms with Gasteiger partial charge in [0.25, 0.3) is 11.8 Å². The van der Waals surface area contributed by atoms with Crippen molar-refractivity contribution in [3.63, 3.8) is 0 Å². The Morgan fingerprint density at radius 2 is 1.84 bits per heavy atom. The number of hydrogen-bond acceptors (Lipinski definition) is 9. The molecule has 1 aliphatic heterocycles. The number of nitrogens with one attached hydrogen (secondary N) is 4. The van der Waals surface area contributed by atoms with Gasteiger partial charge in [0.1, 0.15) is 24.7 Å². The summed E-state index contributed by atoms with van der Waals surface area (Å²) in [6.07, 6.45) is 1.81. The molecule has 0 unspecified atom stereocenters. The third-order valence-electron chi connectivity index (χ3n) is 5.30. The van der Waals surface area contributed by atoms with Gasteiger partial charge in [0, 0.05) is 24.2 Å². The number of anilines is 1. The zero-order valence-electron chi connectivity index (χ0n) is 20.0. The predicted octanol–water partition coefficient (Wildman–Crippen LogP) is -1.21. The first-order chi connectivity index (χ1) is 17.4. The monoisotopic (exact) mass is 539 g/mol. The highest BCUT2D eigenvalue weighted by Crippen LogP contribution is 2.16. The minimum absolute atomic E-state index is 0.0650. The lowest BCUT2D eigenvalue weighted by Gasteiger charge is -2.37. The van der Waals surface area contributed by atoms with Crippen LogP contribution in [-0.4, -0.2) is 85.7 Å². The molecule has 1 saturated heterocycles. The second-order valence-corrected chi connectivity index (χ2v) is 10.1. The Morgan fingerprint density at radius 1 is 1.16 bits per heavy atom. The number of amides is 3. The van der Waals surface area contributed by atoms with Crippen molar-refractivity contribution < 1.29 is 42.3 Å². The fourth-order valence-electron chi connectivity index (χ4n) is 3.62. The summed E-state index contributed by atoms with van der Waals surface area (Å²) in [4.78, 5) is 72.0. The number of nitrogens with zero attached hydrogens (tertiary/aromatic N) is 1. The van der Waals surface area contributed by atoms with E-state index in [1.54, 1.807) is 0 Å². The molecule has 37 heavy (non-hydrogen) atoms. The first-order valence-corrected chi connectivity index (χ1v) is 13.2. The zero-order chi connectivity index (χ0) is 27.6. The van der Waals surface area contributed by atoms with E-state index in [1.807, 2.05) is 0 Å². The second-order valence-electron chi connectivity index (χ2n) is 8.35. The molecule has 0 bridgehead atoms. The van der Waals surface area contributed by atoms with Gasteiger partial charge in [-0.2, -0.15) is 0 Å². The molecule has 3 amide bonds. The van der Waals surface area contributed by atoms with Crippen molar-refractivity contribution in [1.82, 2.24) is 21.1 Å². The second kappa shape index (κ2) is 13.5. The minimum atomic E-state index is -3.51. The van der Waals surface area contributed by atoms with Crippen LogP contribution in [0.2, 0.25) is 0 Å². The molecule has 1 heterocycles. The Kier molecular flexibility index (Phi) is 10.7. The topological polar surface area (TPSA) is 208 Å². The Balaban J connectivity index is 2.18. The number of carbonyl (C=O) groups is 6. The van der Waals surface area contributed by atoms with Crippen molar-refractivity contribution in [1.29, 1.82) is 0 Å². The van der Waals surface area contributed by atoms with E-state index in [4.69, 9.17) is 5.11 Å². The van der Waals surface area contributed by atoms with E-state index in [-0.39, 0.29) is 36.8 Å². The van der Waals surface area contributed by atoms with Crippen LogP contribution in [0.25, 0.3) is 0 Å². The first-order valence-electron chi connectivity index (χ1n) is 11.3. The molecule has 1 aromatic carbocycles. The summed E-state index contributed by atoms with van der Waals surface area (Å²) in [6, 6.07) is 1.86. The maximum absolute atomic E-state index is 13.3. The van der Waals surface area contributed by atoms with Crippen LogP contribution in [0.3, 0.4) is 0 Å². The number of aliphatic carboxylic acids is 1. The van der Waals surface area contributed by atoms with E-state index >= 15 is 0 Å². The molecule has 0 aliphatic carbocycles. The Morgan fingerprint density at radius 3 is 2.41 bits per heavy atom. The van der Waals surface area contributed by atoms with Crippen molar-refractivity contribution in [2.24, 2.45) is 0 Å². The van der Waals surface area contributed by atoms with Crippen molar-refractivity contribution in [3.05, 3.63) is 29.8 Å². The Hall–Kier alpha value is -3.85. The van der Waals surface area contributed by atoms with Gasteiger partial charge >= 0.3 is 5.97 Å². The quantitative estimate of drug-likeness (QED) is 0.189. The van der Waals surface area contributed by atoms with Gasteiger partial charge in [-0.25, -0.2) is 13.8 Å². The molecule has 15 heteroatoms. The molecule has 0 aromatic heterocycles. The van der Waals surface area contributed by atoms with E-state index in [2.05, 4.69) is 20.8 Å². The predicted molar refractivity (Wildman–Crippen MR) is 130 cm³/mol. The van der Waals surface area contributed by atoms with Gasteiger partial charge in [-0.15, -0.1) is 0 Å². The van der Waals surface area contributed by atoms with Crippen LogP contribution in [0.1, 0.15) is 42.5 Å². The van der Waals surface area contributed by atoms with Crippen LogP contribution < -0.4 is 20.8 Å². The van der Waals surface area contributed by atoms with Crippen LogP contribution in [0, 0.1) is 0 Å². The third kappa shape index (κ3) is 9.27. The van der Waals surface area contributed by atoms with Crippen molar-refractivity contribution in [2.75, 3.05) is 17.5 Å². The third-order valence-corrected chi connectivity index (χ3v) is 5.91. The lowest BCUT2D eigenvalue weighted by Crippen LogP contribution is -2.63. The number of carboxylic acids is 1. The van der Waals surface area contributed by atoms with Gasteiger partial charge in [-0.3, -0.25) is 28.9 Å². The van der Waals surface area contributed by atoms with Crippen LogP contribution in [0.5, 0.6) is 0 Å². The van der Waals surface area contributed by atoms with Gasteiger partial charge in [0.05, 0.1) is 18.7 Å². The van der Waals surface area contributed by atoms with Gasteiger partial charge in [0.2, 0.25) is 15.9 Å². The molecule has 14 nitrogen and oxygen atoms in total. The number of aldehydes is 2. The molecule has 1 aromatic rings. The highest BCUT2D eigenvalue weighted by Gasteiger charge is 2.37. The molecule has 2 rings (SSSR count). The number of hydrogen-bond donors (Lipinski definition) is 5. The highest BCUT2D eigenvalue weighted by molar-refractivity contribution is 7.92. The lowest BCUT2D eigenvalue weighted by molar-refractivity contribution is -0.149. The molecule has 1 fully saturated rings. The van der Waals surface area contributed by atoms with Gasteiger partial charge < -0.3 is 25.3 Å². The normalized spacial score (nSPS) is 17.1. The van der Waals surface area contributed by atoms with E-state index < -0.39 is 58.3 Å². The lowest BCUT2D eigenvalue weighted by atomic mass is 10.0. The van der Waals surface area contributed by atoms with E-state index in [0.29, 0.717) is 19.3 Å². The molecule has 202 valence electrons. The van der Waals surface area contributed by atoms with Crippen LogP contribution >= 0.6 is 0 Å². The van der Waals surface area contributed by atoms with E-state index in [1.165, 1.54) is 24.3 Å².